The number of aliphatic imine (C=N–C) groups is 1. The number of hydrogen-bond acceptors (Lipinski definition) is 2. The molecule has 0 aromatic heterocycles. The highest BCUT2D eigenvalue weighted by Crippen LogP contribution is 2.14. The Morgan fingerprint density at radius 3 is 2.46 bits per heavy atom. The molecule has 0 spiro atoms. The van der Waals surface area contributed by atoms with Gasteiger partial charge in [0.2, 0.25) is 0 Å². The highest BCUT2D eigenvalue weighted by molar-refractivity contribution is 14.0. The lowest BCUT2D eigenvalue weighted by molar-refractivity contribution is 0.0955. The highest BCUT2D eigenvalue weighted by Gasteiger charge is 2.10. The van der Waals surface area contributed by atoms with Gasteiger partial charge in [-0.25, -0.2) is 0 Å². The summed E-state index contributed by atoms with van der Waals surface area (Å²) in [6.07, 6.45) is 0. The quantitative estimate of drug-likeness (QED) is 0.253. The molecule has 1 amide bonds. The first-order valence-corrected chi connectivity index (χ1v) is 9.47. The molecule has 0 heterocycles. The van der Waals surface area contributed by atoms with Crippen molar-refractivity contribution in [2.24, 2.45) is 4.99 Å². The predicted octanol–water partition coefficient (Wildman–Crippen LogP) is 4.09. The Morgan fingerprint density at radius 1 is 1.11 bits per heavy atom. The van der Waals surface area contributed by atoms with Crippen molar-refractivity contribution in [1.29, 1.82) is 0 Å². The number of hydrogen-bond donors (Lipinski definition) is 2. The minimum absolute atomic E-state index is 0. The molecule has 0 radical (unpaired) electrons. The fourth-order valence-electron chi connectivity index (χ4n) is 2.66. The van der Waals surface area contributed by atoms with Gasteiger partial charge in [-0.05, 0) is 37.1 Å². The topological polar surface area (TPSA) is 56.7 Å². The summed E-state index contributed by atoms with van der Waals surface area (Å²) in [7, 11) is 2.01. The first-order chi connectivity index (χ1) is 13.0. The van der Waals surface area contributed by atoms with Crippen LogP contribution < -0.4 is 10.6 Å². The van der Waals surface area contributed by atoms with Crippen LogP contribution in [0.3, 0.4) is 0 Å². The second-order valence-electron chi connectivity index (χ2n) is 6.25. The summed E-state index contributed by atoms with van der Waals surface area (Å²) in [5.74, 6) is 0.627. The lowest BCUT2D eigenvalue weighted by atomic mass is 10.1. The van der Waals surface area contributed by atoms with Gasteiger partial charge in [0.05, 0.1) is 17.1 Å². The molecule has 152 valence electrons. The van der Waals surface area contributed by atoms with E-state index in [1.165, 1.54) is 11.1 Å². The van der Waals surface area contributed by atoms with Crippen molar-refractivity contribution < 1.29 is 4.79 Å². The van der Waals surface area contributed by atoms with Crippen LogP contribution in [0.25, 0.3) is 0 Å². The van der Waals surface area contributed by atoms with Gasteiger partial charge in [0, 0.05) is 26.7 Å². The largest absolute Gasteiger partial charge is 0.357 e. The number of nitrogens with one attached hydrogen (secondary N) is 2. The Morgan fingerprint density at radius 2 is 1.79 bits per heavy atom. The van der Waals surface area contributed by atoms with Crippen LogP contribution in [0.5, 0.6) is 0 Å². The lowest BCUT2D eigenvalue weighted by Crippen LogP contribution is -2.39. The summed E-state index contributed by atoms with van der Waals surface area (Å²) in [6.45, 7) is 6.62. The molecule has 0 saturated heterocycles. The van der Waals surface area contributed by atoms with E-state index < -0.39 is 0 Å². The molecule has 2 rings (SSSR count). The van der Waals surface area contributed by atoms with Crippen LogP contribution >= 0.6 is 35.6 Å². The Hall–Kier alpha value is -1.80. The number of carbonyl (C=O) groups is 1. The fraction of sp³-hybridized carbons (Fsp3) is 0.333. The van der Waals surface area contributed by atoms with E-state index in [9.17, 15) is 4.79 Å². The van der Waals surface area contributed by atoms with Crippen molar-refractivity contribution in [3.63, 3.8) is 0 Å². The minimum atomic E-state index is -0.186. The molecule has 0 bridgehead atoms. The van der Waals surface area contributed by atoms with Crippen LogP contribution in [-0.4, -0.2) is 43.4 Å². The van der Waals surface area contributed by atoms with Crippen molar-refractivity contribution in [3.8, 4) is 0 Å². The number of aryl methyl sites for hydroxylation is 1. The molecular formula is C21H28ClIN4O. The number of nitrogens with zero attached hydrogens (tertiary/aromatic N) is 2. The summed E-state index contributed by atoms with van der Waals surface area (Å²) >= 11 is 6.05. The van der Waals surface area contributed by atoms with Gasteiger partial charge in [0.1, 0.15) is 0 Å². The molecular weight excluding hydrogens is 487 g/mol. The average Bonchev–Trinajstić information content (AvgIpc) is 2.66. The molecule has 0 aliphatic carbocycles. The zero-order chi connectivity index (χ0) is 19.6. The van der Waals surface area contributed by atoms with Crippen molar-refractivity contribution in [1.82, 2.24) is 15.5 Å². The Kier molecular flexibility index (Phi) is 10.9. The van der Waals surface area contributed by atoms with Crippen LogP contribution in [-0.2, 0) is 6.54 Å². The molecule has 0 fully saturated rings. The monoisotopic (exact) mass is 514 g/mol. The van der Waals surface area contributed by atoms with E-state index in [2.05, 4.69) is 39.6 Å². The van der Waals surface area contributed by atoms with Gasteiger partial charge in [-0.15, -0.1) is 24.0 Å². The Balaban J connectivity index is 0.00000392. The van der Waals surface area contributed by atoms with Crippen molar-refractivity contribution in [2.45, 2.75) is 20.4 Å². The predicted molar refractivity (Wildman–Crippen MR) is 128 cm³/mol. The molecule has 0 saturated carbocycles. The second-order valence-corrected chi connectivity index (χ2v) is 6.66. The first-order valence-electron chi connectivity index (χ1n) is 9.09. The van der Waals surface area contributed by atoms with Gasteiger partial charge in [-0.1, -0.05) is 48.0 Å². The van der Waals surface area contributed by atoms with Gasteiger partial charge in [0.15, 0.2) is 5.96 Å². The van der Waals surface area contributed by atoms with Gasteiger partial charge >= 0.3 is 0 Å². The third-order valence-electron chi connectivity index (χ3n) is 4.14. The normalized spacial score (nSPS) is 10.8. The van der Waals surface area contributed by atoms with Gasteiger partial charge in [0.25, 0.3) is 5.91 Å². The van der Waals surface area contributed by atoms with E-state index in [0.717, 1.165) is 19.0 Å². The summed E-state index contributed by atoms with van der Waals surface area (Å²) in [6, 6.07) is 15.3. The number of carbonyl (C=O) groups excluding carboxylic acids is 1. The van der Waals surface area contributed by atoms with Crippen LogP contribution in [0.2, 0.25) is 5.02 Å². The molecule has 2 aromatic carbocycles. The number of halogens is 2. The molecule has 0 unspecified atom stereocenters. The van der Waals surface area contributed by atoms with Crippen molar-refractivity contribution in [3.05, 3.63) is 70.2 Å². The lowest BCUT2D eigenvalue weighted by Gasteiger charge is -2.23. The summed E-state index contributed by atoms with van der Waals surface area (Å²) in [5.41, 5.74) is 3.00. The van der Waals surface area contributed by atoms with Crippen molar-refractivity contribution in [2.75, 3.05) is 26.7 Å². The van der Waals surface area contributed by atoms with Crippen molar-refractivity contribution >= 4 is 47.4 Å². The van der Waals surface area contributed by atoms with E-state index in [1.807, 2.05) is 26.1 Å². The minimum Gasteiger partial charge on any atom is -0.357 e. The fourth-order valence-corrected chi connectivity index (χ4v) is 2.88. The van der Waals surface area contributed by atoms with Gasteiger partial charge < -0.3 is 15.5 Å². The SMILES string of the molecule is CCNC(=NCCNC(=O)c1ccccc1Cl)N(C)Cc1ccccc1C.I. The molecule has 5 nitrogen and oxygen atoms in total. The van der Waals surface area contributed by atoms with E-state index in [0.29, 0.717) is 23.7 Å². The maximum atomic E-state index is 12.2. The maximum Gasteiger partial charge on any atom is 0.252 e. The van der Waals surface area contributed by atoms with E-state index >= 15 is 0 Å². The third kappa shape index (κ3) is 7.31. The number of amides is 1. The molecule has 2 aromatic rings. The number of rotatable bonds is 7. The number of guanidine groups is 1. The van der Waals surface area contributed by atoms with Crippen LogP contribution in [0, 0.1) is 6.92 Å². The third-order valence-corrected chi connectivity index (χ3v) is 4.47. The summed E-state index contributed by atoms with van der Waals surface area (Å²) in [4.78, 5) is 18.9. The Labute approximate surface area is 189 Å². The second kappa shape index (κ2) is 12.6. The van der Waals surface area contributed by atoms with E-state index in [4.69, 9.17) is 11.6 Å². The van der Waals surface area contributed by atoms with Crippen LogP contribution in [0.1, 0.15) is 28.4 Å². The molecule has 0 aliphatic heterocycles. The van der Waals surface area contributed by atoms with Crippen LogP contribution in [0.15, 0.2) is 53.5 Å². The van der Waals surface area contributed by atoms with E-state index in [-0.39, 0.29) is 29.9 Å². The molecule has 2 N–H and O–H groups in total. The summed E-state index contributed by atoms with van der Waals surface area (Å²) < 4.78 is 0. The molecule has 0 aliphatic rings. The standard InChI is InChI=1S/C21H27ClN4O.HI/c1-4-23-21(26(3)15-17-10-6-5-9-16(17)2)25-14-13-24-20(27)18-11-7-8-12-19(18)22;/h5-12H,4,13-15H2,1-3H3,(H,23,25)(H,24,27);1H. The summed E-state index contributed by atoms with van der Waals surface area (Å²) in [5, 5.41) is 6.60. The Bertz CT molecular complexity index is 797. The number of benzene rings is 2. The van der Waals surface area contributed by atoms with E-state index in [1.54, 1.807) is 24.3 Å². The molecule has 7 heteroatoms. The zero-order valence-corrected chi connectivity index (χ0v) is 19.6. The smallest absolute Gasteiger partial charge is 0.252 e. The highest BCUT2D eigenvalue weighted by atomic mass is 127. The van der Waals surface area contributed by atoms with Gasteiger partial charge in [-0.3, -0.25) is 9.79 Å². The van der Waals surface area contributed by atoms with Gasteiger partial charge in [-0.2, -0.15) is 0 Å². The molecule has 0 atom stereocenters. The maximum absolute atomic E-state index is 12.2. The average molecular weight is 515 g/mol. The molecule has 28 heavy (non-hydrogen) atoms. The van der Waals surface area contributed by atoms with Crippen LogP contribution in [0.4, 0.5) is 0 Å². The first kappa shape index (κ1) is 24.2. The zero-order valence-electron chi connectivity index (χ0n) is 16.5.